The maximum absolute atomic E-state index is 13.3. The summed E-state index contributed by atoms with van der Waals surface area (Å²) >= 11 is 0. The van der Waals surface area contributed by atoms with Gasteiger partial charge in [0.1, 0.15) is 6.10 Å². The Morgan fingerprint density at radius 2 is 1.86 bits per heavy atom. The van der Waals surface area contributed by atoms with Gasteiger partial charge in [0.2, 0.25) is 21.8 Å². The second-order valence-corrected chi connectivity index (χ2v) is 8.53. The zero-order valence-corrected chi connectivity index (χ0v) is 16.3. The summed E-state index contributed by atoms with van der Waals surface area (Å²) in [4.78, 5) is 8.55. The van der Waals surface area contributed by atoms with E-state index in [1.54, 1.807) is 12.1 Å². The highest BCUT2D eigenvalue weighted by molar-refractivity contribution is 7.89. The van der Waals surface area contributed by atoms with Crippen LogP contribution >= 0.6 is 0 Å². The second-order valence-electron chi connectivity index (χ2n) is 6.62. The topological polar surface area (TPSA) is 81.6 Å². The van der Waals surface area contributed by atoms with Gasteiger partial charge in [-0.2, -0.15) is 9.29 Å². The van der Waals surface area contributed by atoms with Gasteiger partial charge in [0.05, 0.1) is 30.9 Å². The lowest BCUT2D eigenvalue weighted by Crippen LogP contribution is -2.44. The number of hydrogen-bond acceptors (Lipinski definition) is 6. The molecule has 2 aromatic carbocycles. The molecule has 4 rings (SSSR count). The van der Waals surface area contributed by atoms with Crippen molar-refractivity contribution in [3.05, 3.63) is 54.9 Å². The van der Waals surface area contributed by atoms with Gasteiger partial charge < -0.3 is 9.47 Å². The quantitative estimate of drug-likeness (QED) is 0.656. The molecule has 28 heavy (non-hydrogen) atoms. The van der Waals surface area contributed by atoms with E-state index in [1.807, 2.05) is 30.3 Å². The molecule has 1 aliphatic rings. The molecular formula is C20H21N3O4S. The van der Waals surface area contributed by atoms with E-state index in [0.717, 1.165) is 17.2 Å². The minimum absolute atomic E-state index is 0.268. The van der Waals surface area contributed by atoms with Crippen LogP contribution < -0.4 is 9.47 Å². The van der Waals surface area contributed by atoms with E-state index < -0.39 is 10.0 Å². The van der Waals surface area contributed by atoms with Crippen molar-refractivity contribution < 1.29 is 17.9 Å². The number of rotatable bonds is 5. The zero-order valence-electron chi connectivity index (χ0n) is 15.5. The molecule has 2 heterocycles. The molecule has 1 aromatic heterocycles. The van der Waals surface area contributed by atoms with Crippen LogP contribution in [-0.2, 0) is 10.0 Å². The highest BCUT2D eigenvalue weighted by Gasteiger charge is 2.32. The minimum Gasteiger partial charge on any atom is -0.480 e. The molecule has 1 atom stereocenters. The maximum atomic E-state index is 13.3. The molecule has 3 aromatic rings. The molecule has 0 amide bonds. The van der Waals surface area contributed by atoms with E-state index in [4.69, 9.17) is 9.47 Å². The van der Waals surface area contributed by atoms with Gasteiger partial charge >= 0.3 is 0 Å². The Kier molecular flexibility index (Phi) is 5.15. The van der Waals surface area contributed by atoms with Gasteiger partial charge in [0, 0.05) is 11.9 Å². The minimum atomic E-state index is -3.63. The highest BCUT2D eigenvalue weighted by atomic mass is 32.2. The van der Waals surface area contributed by atoms with E-state index in [9.17, 15) is 8.42 Å². The summed E-state index contributed by atoms with van der Waals surface area (Å²) in [6, 6.07) is 12.9. The van der Waals surface area contributed by atoms with Gasteiger partial charge in [-0.05, 0) is 24.3 Å². The molecule has 0 spiro atoms. The smallest absolute Gasteiger partial charge is 0.243 e. The van der Waals surface area contributed by atoms with Crippen molar-refractivity contribution >= 4 is 20.8 Å². The van der Waals surface area contributed by atoms with Crippen molar-refractivity contribution in [3.63, 3.8) is 0 Å². The van der Waals surface area contributed by atoms with Crippen molar-refractivity contribution in [1.29, 1.82) is 0 Å². The van der Waals surface area contributed by atoms with E-state index in [2.05, 4.69) is 9.97 Å². The summed E-state index contributed by atoms with van der Waals surface area (Å²) in [6.45, 7) is 0.736. The summed E-state index contributed by atoms with van der Waals surface area (Å²) in [5.41, 5.74) is 0. The predicted molar refractivity (Wildman–Crippen MR) is 105 cm³/mol. The molecule has 0 radical (unpaired) electrons. The zero-order chi connectivity index (χ0) is 19.6. The van der Waals surface area contributed by atoms with Crippen LogP contribution in [0.5, 0.6) is 11.8 Å². The fraction of sp³-hybridized carbons (Fsp3) is 0.300. The Bertz CT molecular complexity index is 1080. The number of methoxy groups -OCH3 is 1. The van der Waals surface area contributed by atoms with Crippen LogP contribution in [0.3, 0.4) is 0 Å². The van der Waals surface area contributed by atoms with E-state index in [-0.39, 0.29) is 12.6 Å². The normalized spacial score (nSPS) is 18.1. The van der Waals surface area contributed by atoms with Gasteiger partial charge in [0.15, 0.2) is 0 Å². The molecule has 1 unspecified atom stereocenters. The third-order valence-electron chi connectivity index (χ3n) is 4.80. The molecule has 8 heteroatoms. The number of fused-ring (bicyclic) bond motifs is 1. The fourth-order valence-electron chi connectivity index (χ4n) is 3.44. The molecule has 1 aliphatic heterocycles. The predicted octanol–water partition coefficient (Wildman–Crippen LogP) is 2.87. The number of nitrogens with zero attached hydrogens (tertiary/aromatic N) is 3. The van der Waals surface area contributed by atoms with E-state index >= 15 is 0 Å². The maximum Gasteiger partial charge on any atom is 0.243 e. The number of sulfonamides is 1. The summed E-state index contributed by atoms with van der Waals surface area (Å²) in [5.74, 6) is 0.683. The number of piperidine rings is 1. The largest absolute Gasteiger partial charge is 0.480 e. The van der Waals surface area contributed by atoms with E-state index in [1.165, 1.54) is 23.8 Å². The molecule has 7 nitrogen and oxygen atoms in total. The Labute approximate surface area is 164 Å². The van der Waals surface area contributed by atoms with Crippen molar-refractivity contribution in [3.8, 4) is 11.8 Å². The highest BCUT2D eigenvalue weighted by Crippen LogP contribution is 2.28. The van der Waals surface area contributed by atoms with Crippen LogP contribution in [0.15, 0.2) is 59.8 Å². The summed E-state index contributed by atoms with van der Waals surface area (Å²) in [5, 5.41) is 1.63. The average molecular weight is 399 g/mol. The van der Waals surface area contributed by atoms with Crippen LogP contribution in [0.2, 0.25) is 0 Å². The lowest BCUT2D eigenvalue weighted by Gasteiger charge is -2.32. The number of hydrogen-bond donors (Lipinski definition) is 0. The van der Waals surface area contributed by atoms with E-state index in [0.29, 0.717) is 29.6 Å². The third kappa shape index (κ3) is 3.65. The molecule has 1 fully saturated rings. The molecule has 0 aliphatic carbocycles. The first-order valence-corrected chi connectivity index (χ1v) is 10.5. The molecule has 0 bridgehead atoms. The molecule has 0 saturated carbocycles. The van der Waals surface area contributed by atoms with Crippen LogP contribution in [0, 0.1) is 0 Å². The standard InChI is InChI=1S/C20H21N3O4S/c1-26-19-12-21-13-20(22-19)27-16-8-5-11-23(14-16)28(24,25)18-10-4-7-15-6-2-3-9-17(15)18/h2-4,6-7,9-10,12-13,16H,5,8,11,14H2,1H3. The Balaban J connectivity index is 1.58. The van der Waals surface area contributed by atoms with Crippen LogP contribution in [-0.4, -0.2) is 49.0 Å². The Morgan fingerprint density at radius 3 is 2.71 bits per heavy atom. The Morgan fingerprint density at radius 1 is 1.07 bits per heavy atom. The lowest BCUT2D eigenvalue weighted by molar-refractivity contribution is 0.123. The molecule has 0 N–H and O–H groups in total. The first-order chi connectivity index (χ1) is 13.6. The van der Waals surface area contributed by atoms with Gasteiger partial charge in [-0.15, -0.1) is 0 Å². The van der Waals surface area contributed by atoms with Gasteiger partial charge in [0.25, 0.3) is 0 Å². The van der Waals surface area contributed by atoms with Crippen LogP contribution in [0.1, 0.15) is 12.8 Å². The van der Waals surface area contributed by atoms with Gasteiger partial charge in [-0.3, -0.25) is 4.98 Å². The first-order valence-electron chi connectivity index (χ1n) is 9.08. The summed E-state index contributed by atoms with van der Waals surface area (Å²) in [7, 11) is -2.13. The van der Waals surface area contributed by atoms with Crippen molar-refractivity contribution in [2.75, 3.05) is 20.2 Å². The third-order valence-corrected chi connectivity index (χ3v) is 6.72. The van der Waals surface area contributed by atoms with Crippen molar-refractivity contribution in [1.82, 2.24) is 14.3 Å². The summed E-state index contributed by atoms with van der Waals surface area (Å²) < 4.78 is 39.1. The number of ether oxygens (including phenoxy) is 2. The van der Waals surface area contributed by atoms with Crippen LogP contribution in [0.4, 0.5) is 0 Å². The molecule has 146 valence electrons. The van der Waals surface area contributed by atoms with Crippen molar-refractivity contribution in [2.45, 2.75) is 23.8 Å². The lowest BCUT2D eigenvalue weighted by atomic mass is 10.1. The second kappa shape index (κ2) is 7.73. The first kappa shape index (κ1) is 18.6. The monoisotopic (exact) mass is 399 g/mol. The van der Waals surface area contributed by atoms with Gasteiger partial charge in [-0.25, -0.2) is 8.42 Å². The van der Waals surface area contributed by atoms with Gasteiger partial charge in [-0.1, -0.05) is 36.4 Å². The van der Waals surface area contributed by atoms with Crippen molar-refractivity contribution in [2.24, 2.45) is 0 Å². The number of benzene rings is 2. The number of aromatic nitrogens is 2. The fourth-order valence-corrected chi connectivity index (χ4v) is 5.16. The Hall–Kier alpha value is -2.71. The van der Waals surface area contributed by atoms with Crippen LogP contribution in [0.25, 0.3) is 10.8 Å². The molecular weight excluding hydrogens is 378 g/mol. The average Bonchev–Trinajstić information content (AvgIpc) is 2.73. The SMILES string of the molecule is COc1cncc(OC2CCCN(S(=O)(=O)c3cccc4ccccc34)C2)n1. The molecule has 1 saturated heterocycles. The summed E-state index contributed by atoms with van der Waals surface area (Å²) in [6.07, 6.45) is 4.16.